The fraction of sp³-hybridized carbons (Fsp3) is 0.167. The zero-order valence-corrected chi connectivity index (χ0v) is 16.7. The molecule has 136 valence electrons. The van der Waals surface area contributed by atoms with Gasteiger partial charge in [0, 0.05) is 23.4 Å². The van der Waals surface area contributed by atoms with Gasteiger partial charge in [-0.05, 0) is 36.8 Å². The zero-order valence-electron chi connectivity index (χ0n) is 14.3. The lowest BCUT2D eigenvalue weighted by Crippen LogP contribution is -2.24. The van der Waals surface area contributed by atoms with Crippen LogP contribution in [0.4, 0.5) is 0 Å². The second kappa shape index (κ2) is 7.61. The number of para-hydroxylation sites is 1. The number of sulfonamides is 1. The van der Waals surface area contributed by atoms with Gasteiger partial charge in [-0.3, -0.25) is 0 Å². The number of methoxy groups -OCH3 is 1. The van der Waals surface area contributed by atoms with E-state index in [9.17, 15) is 8.42 Å². The smallest absolute Gasteiger partial charge is 0.244 e. The molecule has 3 rings (SSSR count). The van der Waals surface area contributed by atoms with E-state index in [2.05, 4.69) is 25.6 Å². The van der Waals surface area contributed by atoms with Crippen LogP contribution >= 0.6 is 15.9 Å². The van der Waals surface area contributed by atoms with Crippen LogP contribution in [0.15, 0.2) is 64.2 Å². The first-order valence-electron chi connectivity index (χ1n) is 7.84. The average molecular weight is 436 g/mol. The van der Waals surface area contributed by atoms with Gasteiger partial charge in [-0.15, -0.1) is 0 Å². The molecule has 0 spiro atoms. The number of rotatable bonds is 6. The van der Waals surface area contributed by atoms with E-state index in [0.717, 1.165) is 17.1 Å². The molecule has 0 saturated carbocycles. The quantitative estimate of drug-likeness (QED) is 0.643. The molecule has 0 atom stereocenters. The number of nitrogens with zero attached hydrogens (tertiary/aromatic N) is 2. The molecular formula is C18H18BrN3O3S. The topological polar surface area (TPSA) is 73.2 Å². The second-order valence-corrected chi connectivity index (χ2v) is 8.24. The van der Waals surface area contributed by atoms with Crippen LogP contribution in [0.1, 0.15) is 11.4 Å². The van der Waals surface area contributed by atoms with Gasteiger partial charge in [0.05, 0.1) is 12.8 Å². The van der Waals surface area contributed by atoms with Crippen molar-refractivity contribution in [3.8, 4) is 11.4 Å². The van der Waals surface area contributed by atoms with Crippen LogP contribution < -0.4 is 9.46 Å². The maximum Gasteiger partial charge on any atom is 0.244 e. The monoisotopic (exact) mass is 435 g/mol. The summed E-state index contributed by atoms with van der Waals surface area (Å²) >= 11 is 3.30. The molecule has 6 nitrogen and oxygen atoms in total. The van der Waals surface area contributed by atoms with E-state index >= 15 is 0 Å². The van der Waals surface area contributed by atoms with E-state index in [4.69, 9.17) is 4.74 Å². The van der Waals surface area contributed by atoms with Crippen molar-refractivity contribution in [1.82, 2.24) is 14.3 Å². The van der Waals surface area contributed by atoms with Crippen LogP contribution in [-0.4, -0.2) is 25.1 Å². The molecule has 26 heavy (non-hydrogen) atoms. The first kappa shape index (κ1) is 18.6. The lowest BCUT2D eigenvalue weighted by Gasteiger charge is -2.14. The number of imidazole rings is 1. The summed E-state index contributed by atoms with van der Waals surface area (Å²) in [4.78, 5) is 4.31. The number of hydrogen-bond donors (Lipinski definition) is 1. The van der Waals surface area contributed by atoms with Crippen molar-refractivity contribution >= 4 is 26.0 Å². The van der Waals surface area contributed by atoms with Crippen LogP contribution in [0.2, 0.25) is 0 Å². The van der Waals surface area contributed by atoms with Gasteiger partial charge in [0.15, 0.2) is 0 Å². The first-order valence-corrected chi connectivity index (χ1v) is 10.1. The summed E-state index contributed by atoms with van der Waals surface area (Å²) in [6.07, 6.45) is 3.56. The Morgan fingerprint density at radius 3 is 2.69 bits per heavy atom. The summed E-state index contributed by atoms with van der Waals surface area (Å²) < 4.78 is 36.0. The SMILES string of the molecule is COc1ccc(Br)cc1S(=O)(=O)NCc1ccccc1-n1ccnc1C. The number of ether oxygens (including phenoxy) is 1. The Kier molecular flexibility index (Phi) is 5.45. The molecule has 0 bridgehead atoms. The molecule has 0 aliphatic heterocycles. The summed E-state index contributed by atoms with van der Waals surface area (Å²) in [6, 6.07) is 12.5. The molecule has 1 N–H and O–H groups in total. The van der Waals surface area contributed by atoms with Gasteiger partial charge in [0.1, 0.15) is 16.5 Å². The van der Waals surface area contributed by atoms with Gasteiger partial charge in [-0.1, -0.05) is 34.1 Å². The number of benzene rings is 2. The number of hydrogen-bond acceptors (Lipinski definition) is 4. The Bertz CT molecular complexity index is 1030. The minimum Gasteiger partial charge on any atom is -0.495 e. The van der Waals surface area contributed by atoms with E-state index in [0.29, 0.717) is 10.2 Å². The van der Waals surface area contributed by atoms with E-state index < -0.39 is 10.0 Å². The summed E-state index contributed by atoms with van der Waals surface area (Å²) in [6.45, 7) is 2.04. The largest absolute Gasteiger partial charge is 0.495 e. The predicted octanol–water partition coefficient (Wildman–Crippen LogP) is 3.43. The Morgan fingerprint density at radius 2 is 2.00 bits per heavy atom. The first-order chi connectivity index (χ1) is 12.4. The van der Waals surface area contributed by atoms with Crippen LogP contribution in [0.3, 0.4) is 0 Å². The molecule has 0 fully saturated rings. The molecule has 0 amide bonds. The number of aryl methyl sites for hydroxylation is 1. The fourth-order valence-corrected chi connectivity index (χ4v) is 4.35. The highest BCUT2D eigenvalue weighted by atomic mass is 79.9. The maximum absolute atomic E-state index is 12.8. The molecule has 0 unspecified atom stereocenters. The lowest BCUT2D eigenvalue weighted by atomic mass is 10.2. The van der Waals surface area contributed by atoms with Crippen molar-refractivity contribution in [2.24, 2.45) is 0 Å². The van der Waals surface area contributed by atoms with Crippen molar-refractivity contribution in [2.45, 2.75) is 18.4 Å². The molecule has 2 aromatic carbocycles. The van der Waals surface area contributed by atoms with Gasteiger partial charge in [0.25, 0.3) is 0 Å². The third-order valence-corrected chi connectivity index (χ3v) is 5.86. The van der Waals surface area contributed by atoms with Gasteiger partial charge < -0.3 is 9.30 Å². The van der Waals surface area contributed by atoms with Crippen LogP contribution in [0, 0.1) is 6.92 Å². The van der Waals surface area contributed by atoms with Crippen molar-refractivity contribution in [1.29, 1.82) is 0 Å². The molecule has 8 heteroatoms. The summed E-state index contributed by atoms with van der Waals surface area (Å²) in [5, 5.41) is 0. The molecular weight excluding hydrogens is 418 g/mol. The summed E-state index contributed by atoms with van der Waals surface area (Å²) in [5.41, 5.74) is 1.72. The lowest BCUT2D eigenvalue weighted by molar-refractivity contribution is 0.402. The Labute approximate surface area is 161 Å². The van der Waals surface area contributed by atoms with Crippen molar-refractivity contribution in [3.05, 3.63) is 70.7 Å². The van der Waals surface area contributed by atoms with Gasteiger partial charge in [-0.2, -0.15) is 0 Å². The van der Waals surface area contributed by atoms with Crippen molar-refractivity contribution in [2.75, 3.05) is 7.11 Å². The van der Waals surface area contributed by atoms with Crippen molar-refractivity contribution < 1.29 is 13.2 Å². The van der Waals surface area contributed by atoms with Crippen molar-refractivity contribution in [3.63, 3.8) is 0 Å². The second-order valence-electron chi connectivity index (χ2n) is 5.59. The van der Waals surface area contributed by atoms with Crippen LogP contribution in [-0.2, 0) is 16.6 Å². The number of aromatic nitrogens is 2. The third kappa shape index (κ3) is 3.82. The molecule has 1 aromatic heterocycles. The third-order valence-electron chi connectivity index (χ3n) is 3.94. The normalized spacial score (nSPS) is 11.5. The molecule has 0 aliphatic rings. The molecule has 0 radical (unpaired) electrons. The minimum atomic E-state index is -3.75. The highest BCUT2D eigenvalue weighted by Gasteiger charge is 2.20. The highest BCUT2D eigenvalue weighted by Crippen LogP contribution is 2.27. The molecule has 0 aliphatic carbocycles. The Balaban J connectivity index is 1.91. The maximum atomic E-state index is 12.8. The molecule has 0 saturated heterocycles. The number of halogens is 1. The number of nitrogens with one attached hydrogen (secondary N) is 1. The van der Waals surface area contributed by atoms with Crippen LogP contribution in [0.5, 0.6) is 5.75 Å². The molecule has 3 aromatic rings. The zero-order chi connectivity index (χ0) is 18.7. The highest BCUT2D eigenvalue weighted by molar-refractivity contribution is 9.10. The van der Waals surface area contributed by atoms with Gasteiger partial charge >= 0.3 is 0 Å². The fourth-order valence-electron chi connectivity index (χ4n) is 2.64. The Hall–Kier alpha value is -2.16. The Morgan fingerprint density at radius 1 is 1.23 bits per heavy atom. The van der Waals surface area contributed by atoms with E-state index in [1.54, 1.807) is 18.3 Å². The predicted molar refractivity (Wildman–Crippen MR) is 103 cm³/mol. The molecule has 1 heterocycles. The summed E-state index contributed by atoms with van der Waals surface area (Å²) in [5.74, 6) is 1.12. The van der Waals surface area contributed by atoms with E-state index in [1.165, 1.54) is 13.2 Å². The standard InChI is InChI=1S/C18H18BrN3O3S/c1-13-20-9-10-22(13)16-6-4-3-5-14(16)12-21-26(23,24)18-11-15(19)7-8-17(18)25-2/h3-11,21H,12H2,1-2H3. The van der Waals surface area contributed by atoms with Gasteiger partial charge in [-0.25, -0.2) is 18.1 Å². The summed E-state index contributed by atoms with van der Waals surface area (Å²) in [7, 11) is -2.31. The average Bonchev–Trinajstić information content (AvgIpc) is 3.06. The minimum absolute atomic E-state index is 0.0886. The van der Waals surface area contributed by atoms with E-state index in [1.807, 2.05) is 42.0 Å². The van der Waals surface area contributed by atoms with E-state index in [-0.39, 0.29) is 11.4 Å². The van der Waals surface area contributed by atoms with Gasteiger partial charge in [0.2, 0.25) is 10.0 Å². The van der Waals surface area contributed by atoms with Crippen LogP contribution in [0.25, 0.3) is 5.69 Å².